The van der Waals surface area contributed by atoms with E-state index >= 15 is 0 Å². The highest BCUT2D eigenvalue weighted by molar-refractivity contribution is 9.10. The average Bonchev–Trinajstić information content (AvgIpc) is 2.61. The molecule has 3 aromatic rings. The molecule has 0 atom stereocenters. The highest BCUT2D eigenvalue weighted by atomic mass is 79.9. The van der Waals surface area contributed by atoms with E-state index < -0.39 is 17.1 Å². The van der Waals surface area contributed by atoms with Crippen LogP contribution in [0.15, 0.2) is 50.5 Å². The lowest BCUT2D eigenvalue weighted by Gasteiger charge is -2.17. The summed E-state index contributed by atoms with van der Waals surface area (Å²) >= 11 is 3.11. The van der Waals surface area contributed by atoms with Crippen LogP contribution in [-0.2, 0) is 6.54 Å². The lowest BCUT2D eigenvalue weighted by Crippen LogP contribution is -2.41. The van der Waals surface area contributed by atoms with Crippen LogP contribution in [0.3, 0.4) is 0 Å². The van der Waals surface area contributed by atoms with Gasteiger partial charge >= 0.3 is 5.69 Å². The van der Waals surface area contributed by atoms with Crippen molar-refractivity contribution < 1.29 is 9.13 Å². The molecule has 0 aliphatic heterocycles. The molecule has 136 valence electrons. The number of aromatic nitrogens is 2. The van der Waals surface area contributed by atoms with Gasteiger partial charge in [-0.1, -0.05) is 12.1 Å². The molecule has 5 nitrogen and oxygen atoms in total. The molecule has 0 fully saturated rings. The lowest BCUT2D eigenvalue weighted by molar-refractivity contribution is 0.414. The van der Waals surface area contributed by atoms with Crippen LogP contribution >= 0.6 is 15.9 Å². The molecule has 3 rings (SSSR count). The number of fused-ring (bicyclic) bond motifs is 1. The van der Waals surface area contributed by atoms with E-state index in [0.29, 0.717) is 16.7 Å². The van der Waals surface area contributed by atoms with E-state index in [4.69, 9.17) is 4.74 Å². The van der Waals surface area contributed by atoms with Crippen molar-refractivity contribution in [3.05, 3.63) is 73.1 Å². The molecule has 0 saturated heterocycles. The molecule has 0 bridgehead atoms. The van der Waals surface area contributed by atoms with Gasteiger partial charge in [-0.2, -0.15) is 0 Å². The molecule has 0 amide bonds. The average molecular weight is 421 g/mol. The van der Waals surface area contributed by atoms with E-state index in [1.165, 1.54) is 21.3 Å². The Labute approximate surface area is 157 Å². The van der Waals surface area contributed by atoms with Crippen molar-refractivity contribution in [2.24, 2.45) is 0 Å². The van der Waals surface area contributed by atoms with Crippen LogP contribution in [0.25, 0.3) is 10.9 Å². The summed E-state index contributed by atoms with van der Waals surface area (Å²) < 4.78 is 21.9. The fraction of sp³-hybridized carbons (Fsp3) is 0.263. The second-order valence-electron chi connectivity index (χ2n) is 6.27. The Morgan fingerprint density at radius 3 is 2.38 bits per heavy atom. The van der Waals surface area contributed by atoms with Crippen LogP contribution in [0.4, 0.5) is 4.39 Å². The van der Waals surface area contributed by atoms with Gasteiger partial charge in [0.15, 0.2) is 0 Å². The van der Waals surface area contributed by atoms with E-state index in [0.717, 1.165) is 5.56 Å². The Balaban J connectivity index is 2.26. The third kappa shape index (κ3) is 3.19. The molecule has 0 saturated carbocycles. The maximum atomic E-state index is 14.0. The highest BCUT2D eigenvalue weighted by Gasteiger charge is 2.17. The number of benzene rings is 2. The van der Waals surface area contributed by atoms with Crippen molar-refractivity contribution >= 4 is 26.8 Å². The first-order valence-corrected chi connectivity index (χ1v) is 8.89. The van der Waals surface area contributed by atoms with E-state index in [-0.39, 0.29) is 17.1 Å². The van der Waals surface area contributed by atoms with Crippen LogP contribution in [-0.4, -0.2) is 16.2 Å². The quantitative estimate of drug-likeness (QED) is 0.646. The third-order valence-electron chi connectivity index (χ3n) is 4.23. The predicted molar refractivity (Wildman–Crippen MR) is 103 cm³/mol. The highest BCUT2D eigenvalue weighted by Crippen LogP contribution is 2.22. The summed E-state index contributed by atoms with van der Waals surface area (Å²) in [6.45, 7) is 3.77. The Kier molecular flexibility index (Phi) is 5.00. The summed E-state index contributed by atoms with van der Waals surface area (Å²) in [7, 11) is 1.57. The standard InChI is InChI=1S/C19H18BrFN2O3/c1-11(2)23-17-9-16(21)15(20)8-14(17)18(24)22(19(23)25)10-12-4-6-13(26-3)7-5-12/h4-9,11H,10H2,1-3H3. The van der Waals surface area contributed by atoms with Crippen molar-refractivity contribution in [1.82, 2.24) is 9.13 Å². The Morgan fingerprint density at radius 1 is 1.15 bits per heavy atom. The first kappa shape index (κ1) is 18.4. The van der Waals surface area contributed by atoms with E-state index in [9.17, 15) is 14.0 Å². The molecule has 1 heterocycles. The minimum atomic E-state index is -0.515. The third-order valence-corrected chi connectivity index (χ3v) is 4.83. The molecular formula is C19H18BrFN2O3. The summed E-state index contributed by atoms with van der Waals surface area (Å²) in [5, 5.41) is 0.292. The van der Waals surface area contributed by atoms with Crippen molar-refractivity contribution in [1.29, 1.82) is 0 Å². The summed E-state index contributed by atoms with van der Waals surface area (Å²) in [5.74, 6) is 0.178. The van der Waals surface area contributed by atoms with Crippen molar-refractivity contribution in [3.8, 4) is 5.75 Å². The van der Waals surface area contributed by atoms with Crippen molar-refractivity contribution in [3.63, 3.8) is 0 Å². The summed E-state index contributed by atoms with van der Waals surface area (Å²) in [5.41, 5.74) is 0.177. The summed E-state index contributed by atoms with van der Waals surface area (Å²) in [6.07, 6.45) is 0. The van der Waals surface area contributed by atoms with Crippen LogP contribution in [0.5, 0.6) is 5.75 Å². The largest absolute Gasteiger partial charge is 0.497 e. The number of ether oxygens (including phenoxy) is 1. The molecule has 0 aliphatic rings. The molecule has 0 aliphatic carbocycles. The number of methoxy groups -OCH3 is 1. The number of rotatable bonds is 4. The Morgan fingerprint density at radius 2 is 1.81 bits per heavy atom. The lowest BCUT2D eigenvalue weighted by atomic mass is 10.2. The number of hydrogen-bond donors (Lipinski definition) is 0. The summed E-state index contributed by atoms with van der Waals surface area (Å²) in [4.78, 5) is 25.8. The van der Waals surface area contributed by atoms with E-state index in [1.807, 2.05) is 13.8 Å². The molecule has 2 aromatic carbocycles. The minimum absolute atomic E-state index is 0.124. The second-order valence-corrected chi connectivity index (χ2v) is 7.12. The van der Waals surface area contributed by atoms with Gasteiger partial charge in [-0.3, -0.25) is 13.9 Å². The Bertz CT molecular complexity index is 1090. The molecule has 26 heavy (non-hydrogen) atoms. The zero-order chi connectivity index (χ0) is 19.0. The number of hydrogen-bond acceptors (Lipinski definition) is 3. The second kappa shape index (κ2) is 7.07. The van der Waals surface area contributed by atoms with Gasteiger partial charge < -0.3 is 4.74 Å². The van der Waals surface area contributed by atoms with Gasteiger partial charge in [-0.25, -0.2) is 9.18 Å². The smallest absolute Gasteiger partial charge is 0.332 e. The molecule has 7 heteroatoms. The van der Waals surface area contributed by atoms with Gasteiger partial charge in [-0.05, 0) is 59.6 Å². The SMILES string of the molecule is COc1ccc(Cn2c(=O)c3cc(Br)c(F)cc3n(C(C)C)c2=O)cc1. The topological polar surface area (TPSA) is 53.2 Å². The summed E-state index contributed by atoms with van der Waals surface area (Å²) in [6, 6.07) is 9.57. The zero-order valence-corrected chi connectivity index (χ0v) is 16.2. The van der Waals surface area contributed by atoms with Crippen LogP contribution < -0.4 is 16.0 Å². The first-order valence-electron chi connectivity index (χ1n) is 8.10. The Hall–Kier alpha value is -2.41. The predicted octanol–water partition coefficient (Wildman–Crippen LogP) is 3.70. The monoisotopic (exact) mass is 420 g/mol. The fourth-order valence-corrected chi connectivity index (χ4v) is 3.27. The van der Waals surface area contributed by atoms with Gasteiger partial charge in [0, 0.05) is 6.04 Å². The zero-order valence-electron chi connectivity index (χ0n) is 14.6. The maximum Gasteiger partial charge on any atom is 0.332 e. The van der Waals surface area contributed by atoms with Crippen LogP contribution in [0, 0.1) is 5.82 Å². The molecule has 1 aromatic heterocycles. The van der Waals surface area contributed by atoms with Crippen molar-refractivity contribution in [2.75, 3.05) is 7.11 Å². The minimum Gasteiger partial charge on any atom is -0.497 e. The molecule has 0 unspecified atom stereocenters. The first-order chi connectivity index (χ1) is 12.3. The van der Waals surface area contributed by atoms with Crippen LogP contribution in [0.2, 0.25) is 0 Å². The van der Waals surface area contributed by atoms with Gasteiger partial charge in [0.1, 0.15) is 11.6 Å². The molecule has 0 spiro atoms. The van der Waals surface area contributed by atoms with Gasteiger partial charge in [-0.15, -0.1) is 0 Å². The number of nitrogens with zero attached hydrogens (tertiary/aromatic N) is 2. The number of halogens is 2. The molecule has 0 radical (unpaired) electrons. The van der Waals surface area contributed by atoms with E-state index in [2.05, 4.69) is 15.9 Å². The molecular weight excluding hydrogens is 403 g/mol. The fourth-order valence-electron chi connectivity index (χ4n) is 2.92. The van der Waals surface area contributed by atoms with E-state index in [1.54, 1.807) is 31.4 Å². The van der Waals surface area contributed by atoms with Crippen molar-refractivity contribution in [2.45, 2.75) is 26.4 Å². The van der Waals surface area contributed by atoms with Gasteiger partial charge in [0.2, 0.25) is 0 Å². The molecule has 0 N–H and O–H groups in total. The van der Waals surface area contributed by atoms with Gasteiger partial charge in [0.05, 0.1) is 29.0 Å². The van der Waals surface area contributed by atoms with Gasteiger partial charge in [0.25, 0.3) is 5.56 Å². The van der Waals surface area contributed by atoms with Crippen LogP contribution in [0.1, 0.15) is 25.5 Å². The maximum absolute atomic E-state index is 14.0. The normalized spacial score (nSPS) is 11.3.